The number of pyridine rings is 2. The molecule has 3 aromatic heterocycles. The molecule has 0 radical (unpaired) electrons. The molecule has 1 aliphatic rings. The van der Waals surface area contributed by atoms with Gasteiger partial charge in [-0.3, -0.25) is 4.98 Å². The molecule has 4 rings (SSSR count). The van der Waals surface area contributed by atoms with Gasteiger partial charge >= 0.3 is 0 Å². The van der Waals surface area contributed by atoms with E-state index in [0.717, 1.165) is 35.4 Å². The molecule has 0 saturated carbocycles. The van der Waals surface area contributed by atoms with E-state index >= 15 is 0 Å². The third-order valence-electron chi connectivity index (χ3n) is 4.72. The van der Waals surface area contributed by atoms with Gasteiger partial charge < -0.3 is 9.14 Å². The maximum Gasteiger partial charge on any atom is 0.138 e. The third-order valence-corrected chi connectivity index (χ3v) is 4.72. The topological polar surface area (TPSA) is 39.4 Å². The Labute approximate surface area is 147 Å². The van der Waals surface area contributed by atoms with Crippen molar-refractivity contribution >= 4 is 5.65 Å². The average molecular weight is 331 g/mol. The largest absolute Gasteiger partial charge is 0.377 e. The van der Waals surface area contributed by atoms with Crippen LogP contribution in [-0.2, 0) is 11.2 Å². The highest BCUT2D eigenvalue weighted by Crippen LogP contribution is 2.41. The monoisotopic (exact) mass is 331 g/mol. The van der Waals surface area contributed by atoms with E-state index in [1.54, 1.807) is 7.11 Å². The highest BCUT2D eigenvalue weighted by atomic mass is 16.5. The molecule has 0 aromatic carbocycles. The Hall–Kier alpha value is -2.64. The molecule has 0 amide bonds. The Kier molecular flexibility index (Phi) is 3.82. The lowest BCUT2D eigenvalue weighted by Gasteiger charge is -2.35. The van der Waals surface area contributed by atoms with Crippen molar-refractivity contribution in [3.63, 3.8) is 0 Å². The van der Waals surface area contributed by atoms with E-state index in [9.17, 15) is 0 Å². The number of imidazole rings is 1. The fourth-order valence-corrected chi connectivity index (χ4v) is 3.48. The minimum Gasteiger partial charge on any atom is -0.377 e. The minimum absolute atomic E-state index is 0.0863. The molecule has 4 nitrogen and oxygen atoms in total. The lowest BCUT2D eigenvalue weighted by atomic mass is 9.74. The number of aromatic nitrogens is 3. The fourth-order valence-electron chi connectivity index (χ4n) is 3.48. The van der Waals surface area contributed by atoms with Gasteiger partial charge in [-0.25, -0.2) is 4.98 Å². The standard InChI is InChI=1S/C21H21N3O/c1-21(2)11-18-17(19(12-21)25-3)10-15(13-22-18)7-8-16-14-24-9-5-4-6-20(24)23-16/h4-6,9-10,13-14,19H,11-12H2,1-3H3/t19-/m1/s1. The summed E-state index contributed by atoms with van der Waals surface area (Å²) in [6, 6.07) is 8.04. The first-order valence-corrected chi connectivity index (χ1v) is 8.51. The second-order valence-electron chi connectivity index (χ2n) is 7.37. The molecule has 126 valence electrons. The molecule has 3 aromatic rings. The minimum atomic E-state index is 0.0863. The first kappa shape index (κ1) is 15.9. The summed E-state index contributed by atoms with van der Waals surface area (Å²) in [5.41, 5.74) is 5.07. The highest BCUT2D eigenvalue weighted by Gasteiger charge is 2.33. The number of hydrogen-bond acceptors (Lipinski definition) is 3. The molecule has 25 heavy (non-hydrogen) atoms. The van der Waals surface area contributed by atoms with Crippen molar-refractivity contribution in [3.05, 3.63) is 65.4 Å². The van der Waals surface area contributed by atoms with Crippen LogP contribution in [-0.4, -0.2) is 21.5 Å². The van der Waals surface area contributed by atoms with E-state index in [0.29, 0.717) is 0 Å². The number of fused-ring (bicyclic) bond motifs is 2. The summed E-state index contributed by atoms with van der Waals surface area (Å²) in [6.07, 6.45) is 7.83. The molecule has 0 unspecified atom stereocenters. The Morgan fingerprint density at radius 2 is 2.16 bits per heavy atom. The van der Waals surface area contributed by atoms with E-state index in [1.807, 2.05) is 41.2 Å². The predicted molar refractivity (Wildman–Crippen MR) is 97.3 cm³/mol. The zero-order valence-electron chi connectivity index (χ0n) is 14.8. The molecule has 0 fully saturated rings. The van der Waals surface area contributed by atoms with E-state index < -0.39 is 0 Å². The van der Waals surface area contributed by atoms with Gasteiger partial charge in [-0.05, 0) is 42.4 Å². The third kappa shape index (κ3) is 3.16. The molecule has 3 heterocycles. The van der Waals surface area contributed by atoms with Gasteiger partial charge in [0.1, 0.15) is 11.3 Å². The number of hydrogen-bond donors (Lipinski definition) is 0. The maximum absolute atomic E-state index is 5.71. The van der Waals surface area contributed by atoms with Gasteiger partial charge in [0, 0.05) is 42.5 Å². The van der Waals surface area contributed by atoms with Crippen LogP contribution in [0.4, 0.5) is 0 Å². The Morgan fingerprint density at radius 3 is 2.96 bits per heavy atom. The van der Waals surface area contributed by atoms with Crippen LogP contribution in [0.15, 0.2) is 42.9 Å². The molecule has 1 atom stereocenters. The summed E-state index contributed by atoms with van der Waals surface area (Å²) < 4.78 is 7.68. The number of ether oxygens (including phenoxy) is 1. The molecule has 0 saturated heterocycles. The lowest BCUT2D eigenvalue weighted by molar-refractivity contribution is 0.0491. The summed E-state index contributed by atoms with van der Waals surface area (Å²) >= 11 is 0. The van der Waals surface area contributed by atoms with Crippen LogP contribution < -0.4 is 0 Å². The van der Waals surface area contributed by atoms with Crippen LogP contribution in [0.25, 0.3) is 5.65 Å². The Morgan fingerprint density at radius 1 is 1.28 bits per heavy atom. The van der Waals surface area contributed by atoms with E-state index in [4.69, 9.17) is 4.74 Å². The molecule has 1 aliphatic carbocycles. The zero-order valence-corrected chi connectivity index (χ0v) is 14.8. The summed E-state index contributed by atoms with van der Waals surface area (Å²) in [7, 11) is 1.77. The van der Waals surface area contributed by atoms with Gasteiger partial charge in [0.2, 0.25) is 0 Å². The molecule has 4 heteroatoms. The maximum atomic E-state index is 5.71. The molecule has 0 spiro atoms. The van der Waals surface area contributed by atoms with Crippen LogP contribution in [0, 0.1) is 17.3 Å². The first-order chi connectivity index (χ1) is 12.0. The van der Waals surface area contributed by atoms with Crippen molar-refractivity contribution in [2.75, 3.05) is 7.11 Å². The van der Waals surface area contributed by atoms with Gasteiger partial charge in [-0.1, -0.05) is 25.8 Å². The van der Waals surface area contributed by atoms with Gasteiger partial charge in [0.25, 0.3) is 0 Å². The normalized spacial score (nSPS) is 18.4. The summed E-state index contributed by atoms with van der Waals surface area (Å²) in [4.78, 5) is 9.17. The van der Waals surface area contributed by atoms with Crippen LogP contribution >= 0.6 is 0 Å². The Bertz CT molecular complexity index is 958. The van der Waals surface area contributed by atoms with Crippen molar-refractivity contribution in [2.45, 2.75) is 32.8 Å². The Balaban J connectivity index is 1.67. The molecular weight excluding hydrogens is 310 g/mol. The van der Waals surface area contributed by atoms with Crippen molar-refractivity contribution in [1.29, 1.82) is 0 Å². The van der Waals surface area contributed by atoms with Crippen molar-refractivity contribution in [3.8, 4) is 11.8 Å². The van der Waals surface area contributed by atoms with Crippen molar-refractivity contribution < 1.29 is 4.74 Å². The van der Waals surface area contributed by atoms with Crippen LogP contribution in [0.1, 0.15) is 48.9 Å². The second-order valence-corrected chi connectivity index (χ2v) is 7.37. The fraction of sp³-hybridized carbons (Fsp3) is 0.333. The van der Waals surface area contributed by atoms with Crippen molar-refractivity contribution in [1.82, 2.24) is 14.4 Å². The van der Waals surface area contributed by atoms with E-state index in [1.165, 1.54) is 5.56 Å². The van der Waals surface area contributed by atoms with E-state index in [-0.39, 0.29) is 11.5 Å². The van der Waals surface area contributed by atoms with Gasteiger partial charge in [0.15, 0.2) is 0 Å². The number of rotatable bonds is 1. The van der Waals surface area contributed by atoms with Gasteiger partial charge in [0.05, 0.1) is 6.10 Å². The van der Waals surface area contributed by atoms with Crippen LogP contribution in [0.5, 0.6) is 0 Å². The second kappa shape index (κ2) is 6.02. The number of nitrogens with zero attached hydrogens (tertiary/aromatic N) is 3. The smallest absolute Gasteiger partial charge is 0.138 e. The SMILES string of the molecule is CO[C@@H]1CC(C)(C)Cc2ncc(C#Cc3cn4ccccc4n3)cc21. The zero-order chi connectivity index (χ0) is 17.4. The van der Waals surface area contributed by atoms with Crippen LogP contribution in [0.2, 0.25) is 0 Å². The van der Waals surface area contributed by atoms with Crippen LogP contribution in [0.3, 0.4) is 0 Å². The molecule has 0 aliphatic heterocycles. The first-order valence-electron chi connectivity index (χ1n) is 8.51. The summed E-state index contributed by atoms with van der Waals surface area (Å²) in [6.45, 7) is 4.53. The van der Waals surface area contributed by atoms with E-state index in [2.05, 4.69) is 41.7 Å². The van der Waals surface area contributed by atoms with Crippen molar-refractivity contribution in [2.24, 2.45) is 5.41 Å². The van der Waals surface area contributed by atoms with Gasteiger partial charge in [-0.2, -0.15) is 0 Å². The summed E-state index contributed by atoms with van der Waals surface area (Å²) in [5.74, 6) is 6.34. The molecule has 0 bridgehead atoms. The highest BCUT2D eigenvalue weighted by molar-refractivity contribution is 5.47. The molecule has 0 N–H and O–H groups in total. The quantitative estimate of drug-likeness (QED) is 0.637. The lowest BCUT2D eigenvalue weighted by Crippen LogP contribution is -2.27. The molecular formula is C21H21N3O. The predicted octanol–water partition coefficient (Wildman–Crippen LogP) is 3.79. The summed E-state index contributed by atoms with van der Waals surface area (Å²) in [5, 5.41) is 0. The number of methoxy groups -OCH3 is 1. The average Bonchev–Trinajstić information content (AvgIpc) is 3.01. The van der Waals surface area contributed by atoms with Gasteiger partial charge in [-0.15, -0.1) is 0 Å².